The van der Waals surface area contributed by atoms with Crippen LogP contribution in [0.1, 0.15) is 18.5 Å². The number of likely N-dealkylation sites (N-methyl/N-ethyl adjacent to an activating group) is 1. The van der Waals surface area contributed by atoms with Crippen LogP contribution < -0.4 is 4.74 Å². The highest BCUT2D eigenvalue weighted by molar-refractivity contribution is 7.86. The molecular formula is C21H29N3O3S. The summed E-state index contributed by atoms with van der Waals surface area (Å²) in [6, 6.07) is 16.4. The van der Waals surface area contributed by atoms with Crippen molar-refractivity contribution < 1.29 is 13.2 Å². The highest BCUT2D eigenvalue weighted by Gasteiger charge is 2.34. The van der Waals surface area contributed by atoms with Crippen molar-refractivity contribution >= 4 is 10.2 Å². The van der Waals surface area contributed by atoms with Crippen molar-refractivity contribution in [2.24, 2.45) is 0 Å². The van der Waals surface area contributed by atoms with E-state index in [0.29, 0.717) is 13.1 Å². The fourth-order valence-electron chi connectivity index (χ4n) is 3.51. The summed E-state index contributed by atoms with van der Waals surface area (Å²) in [5, 5.41) is 0. The summed E-state index contributed by atoms with van der Waals surface area (Å²) in [5.41, 5.74) is 3.79. The Kier molecular flexibility index (Phi) is 6.40. The Bertz CT molecular complexity index is 900. The van der Waals surface area contributed by atoms with Gasteiger partial charge in [-0.25, -0.2) is 0 Å². The summed E-state index contributed by atoms with van der Waals surface area (Å²) in [4.78, 5) is 2.33. The van der Waals surface area contributed by atoms with E-state index in [1.165, 1.54) is 21.0 Å². The van der Waals surface area contributed by atoms with Gasteiger partial charge >= 0.3 is 0 Å². The van der Waals surface area contributed by atoms with Crippen LogP contribution in [0, 0.1) is 0 Å². The molecule has 3 aliphatic rings. The quantitative estimate of drug-likeness (QED) is 0.657. The molecule has 1 aromatic rings. The predicted octanol–water partition coefficient (Wildman–Crippen LogP) is 2.85. The molecule has 1 aromatic carbocycles. The summed E-state index contributed by atoms with van der Waals surface area (Å²) in [6.45, 7) is 4.88. The van der Waals surface area contributed by atoms with Gasteiger partial charge in [0.1, 0.15) is 5.75 Å². The van der Waals surface area contributed by atoms with Crippen LogP contribution >= 0.6 is 0 Å². The molecule has 2 aliphatic carbocycles. The van der Waals surface area contributed by atoms with Gasteiger partial charge in [0.15, 0.2) is 0 Å². The van der Waals surface area contributed by atoms with E-state index in [1.54, 1.807) is 25.5 Å². The van der Waals surface area contributed by atoms with Crippen molar-refractivity contribution in [1.29, 1.82) is 0 Å². The first-order valence-corrected chi connectivity index (χ1v) is 10.9. The molecule has 28 heavy (non-hydrogen) atoms. The summed E-state index contributed by atoms with van der Waals surface area (Å²) in [7, 11) is 1.53. The van der Waals surface area contributed by atoms with Crippen LogP contribution in [0.4, 0.5) is 0 Å². The van der Waals surface area contributed by atoms with Crippen molar-refractivity contribution in [2.75, 3.05) is 47.4 Å². The van der Waals surface area contributed by atoms with Gasteiger partial charge < -0.3 is 4.74 Å². The predicted molar refractivity (Wildman–Crippen MR) is 113 cm³/mol. The number of ether oxygens (including phenoxy) is 1. The van der Waals surface area contributed by atoms with E-state index in [9.17, 15) is 8.42 Å². The van der Waals surface area contributed by atoms with E-state index >= 15 is 0 Å². The maximum atomic E-state index is 12.3. The van der Waals surface area contributed by atoms with Gasteiger partial charge in [-0.2, -0.15) is 17.0 Å². The lowest BCUT2D eigenvalue weighted by molar-refractivity contribution is 0.121. The molecule has 1 saturated heterocycles. The van der Waals surface area contributed by atoms with Crippen LogP contribution in [0.2, 0.25) is 0 Å². The average Bonchev–Trinajstić information content (AvgIpc) is 3.38. The van der Waals surface area contributed by atoms with Crippen LogP contribution in [-0.4, -0.2) is 69.3 Å². The second kappa shape index (κ2) is 8.61. The van der Waals surface area contributed by atoms with E-state index in [0.717, 1.165) is 18.8 Å². The average molecular weight is 404 g/mol. The molecule has 1 heterocycles. The molecule has 0 aromatic heterocycles. The van der Waals surface area contributed by atoms with Crippen LogP contribution in [0.3, 0.4) is 0 Å². The molecule has 1 unspecified atom stereocenters. The lowest BCUT2D eigenvalue weighted by Crippen LogP contribution is -2.52. The number of piperazine rings is 1. The number of hydrogen-bond donors (Lipinski definition) is 0. The topological polar surface area (TPSA) is 53.1 Å². The molecule has 1 aliphatic heterocycles. The summed E-state index contributed by atoms with van der Waals surface area (Å²) in [5.74, 6) is 1.01. The van der Waals surface area contributed by atoms with Gasteiger partial charge in [0.2, 0.25) is 0 Å². The number of hydrogen-bond acceptors (Lipinski definition) is 4. The number of rotatable bonds is 5. The number of benzene rings is 2. The Labute approximate surface area is 168 Å². The number of fused-ring (bicyclic) bond motifs is 1. The Morgan fingerprint density at radius 2 is 1.82 bits per heavy atom. The summed E-state index contributed by atoms with van der Waals surface area (Å²) in [6.07, 6.45) is 0. The fraction of sp³-hybridized carbons (Fsp3) is 0.429. The van der Waals surface area contributed by atoms with E-state index in [1.807, 2.05) is 24.3 Å². The summed E-state index contributed by atoms with van der Waals surface area (Å²) >= 11 is 0. The van der Waals surface area contributed by atoms with Crippen molar-refractivity contribution in [3.8, 4) is 16.9 Å². The Morgan fingerprint density at radius 1 is 1.11 bits per heavy atom. The number of methoxy groups -OCH3 is 1. The molecule has 0 amide bonds. The monoisotopic (exact) mass is 403 g/mol. The largest absolute Gasteiger partial charge is 0.496 e. The lowest BCUT2D eigenvalue weighted by atomic mass is 10.0. The zero-order valence-corrected chi connectivity index (χ0v) is 17.8. The Balaban J connectivity index is 0.000000231. The molecule has 0 saturated carbocycles. The lowest BCUT2D eigenvalue weighted by Gasteiger charge is -2.41. The van der Waals surface area contributed by atoms with Gasteiger partial charge in [-0.1, -0.05) is 43.3 Å². The first-order chi connectivity index (χ1) is 13.4. The third-order valence-electron chi connectivity index (χ3n) is 5.26. The van der Waals surface area contributed by atoms with E-state index in [4.69, 9.17) is 4.74 Å². The molecular weight excluding hydrogens is 374 g/mol. The van der Waals surface area contributed by atoms with Crippen LogP contribution in [0.25, 0.3) is 11.1 Å². The van der Waals surface area contributed by atoms with Crippen molar-refractivity contribution in [3.05, 3.63) is 54.1 Å². The molecule has 1 atom stereocenters. The molecule has 0 N–H and O–H groups in total. The van der Waals surface area contributed by atoms with Gasteiger partial charge in [0.25, 0.3) is 10.2 Å². The van der Waals surface area contributed by atoms with E-state index < -0.39 is 10.2 Å². The zero-order chi connectivity index (χ0) is 20.3. The highest BCUT2D eigenvalue weighted by atomic mass is 32.2. The third kappa shape index (κ3) is 4.38. The van der Waals surface area contributed by atoms with Crippen molar-refractivity contribution in [1.82, 2.24) is 13.5 Å². The minimum Gasteiger partial charge on any atom is -0.496 e. The van der Waals surface area contributed by atoms with Gasteiger partial charge in [0.05, 0.1) is 7.11 Å². The van der Waals surface area contributed by atoms with Gasteiger partial charge in [0, 0.05) is 45.3 Å². The second-order valence-electron chi connectivity index (χ2n) is 7.12. The van der Waals surface area contributed by atoms with Gasteiger partial charge in [-0.3, -0.25) is 4.90 Å². The minimum absolute atomic E-state index is 0.129. The second-order valence-corrected chi connectivity index (χ2v) is 9.26. The minimum atomic E-state index is -3.33. The van der Waals surface area contributed by atoms with Crippen LogP contribution in [0.5, 0.6) is 5.75 Å². The number of nitrogens with zero attached hydrogens (tertiary/aromatic N) is 3. The maximum absolute atomic E-state index is 12.3. The maximum Gasteiger partial charge on any atom is 0.281 e. The SMILES string of the molecule is CCN1CCN(S(=O)(=O)N(C)C)CC1c1ccccc1.COc1ccc2cc1-2. The Hall–Kier alpha value is -1.93. The van der Waals surface area contributed by atoms with Gasteiger partial charge in [-0.05, 0) is 29.8 Å². The molecule has 7 heteroatoms. The molecule has 152 valence electrons. The van der Waals surface area contributed by atoms with Crippen molar-refractivity contribution in [3.63, 3.8) is 0 Å². The van der Waals surface area contributed by atoms with E-state index in [2.05, 4.69) is 36.1 Å². The standard InChI is InChI=1S/C14H23N3O2S.C7H6O/c1-4-16-10-11-17(20(18,19)15(2)3)12-14(16)13-8-6-5-7-9-13;1-8-7-3-2-5-4-6(5)7/h5-9,14H,4,10-12H2,1-3H3;2-4H,1H3. The zero-order valence-electron chi connectivity index (χ0n) is 17.0. The van der Waals surface area contributed by atoms with Crippen LogP contribution in [0.15, 0.2) is 48.5 Å². The first-order valence-electron chi connectivity index (χ1n) is 9.53. The molecule has 1 fully saturated rings. The van der Waals surface area contributed by atoms with Crippen LogP contribution in [-0.2, 0) is 10.2 Å². The molecule has 6 nitrogen and oxygen atoms in total. The van der Waals surface area contributed by atoms with E-state index in [-0.39, 0.29) is 6.04 Å². The molecule has 0 spiro atoms. The first kappa shape index (κ1) is 20.8. The van der Waals surface area contributed by atoms with Gasteiger partial charge in [-0.15, -0.1) is 0 Å². The normalized spacial score (nSPS) is 19.1. The highest BCUT2D eigenvalue weighted by Crippen LogP contribution is 2.43. The molecule has 4 rings (SSSR count). The Morgan fingerprint density at radius 3 is 2.29 bits per heavy atom. The smallest absolute Gasteiger partial charge is 0.281 e. The molecule has 0 radical (unpaired) electrons. The molecule has 0 bridgehead atoms. The fourth-order valence-corrected chi connectivity index (χ4v) is 4.61. The van der Waals surface area contributed by atoms with Crippen molar-refractivity contribution in [2.45, 2.75) is 13.0 Å². The summed E-state index contributed by atoms with van der Waals surface area (Å²) < 4.78 is 32.5. The third-order valence-corrected chi connectivity index (χ3v) is 7.17.